The van der Waals surface area contributed by atoms with E-state index in [0.29, 0.717) is 5.82 Å². The normalized spacial score (nSPS) is 10.6. The summed E-state index contributed by atoms with van der Waals surface area (Å²) in [5.74, 6) is 1.35. The van der Waals surface area contributed by atoms with Gasteiger partial charge in [-0.3, -0.25) is 0 Å². The van der Waals surface area contributed by atoms with E-state index in [4.69, 9.17) is 5.73 Å². The van der Waals surface area contributed by atoms with Crippen LogP contribution in [0.3, 0.4) is 0 Å². The van der Waals surface area contributed by atoms with Gasteiger partial charge in [-0.1, -0.05) is 41.4 Å². The van der Waals surface area contributed by atoms with Gasteiger partial charge in [-0.2, -0.15) is 0 Å². The van der Waals surface area contributed by atoms with Crippen molar-refractivity contribution in [2.24, 2.45) is 0 Å². The lowest BCUT2D eigenvalue weighted by atomic mass is 10.1. The van der Waals surface area contributed by atoms with Gasteiger partial charge in [0.2, 0.25) is 0 Å². The number of aryl methyl sites for hydroxylation is 1. The Morgan fingerprint density at radius 1 is 1.17 bits per heavy atom. The molecule has 0 saturated carbocycles. The number of anilines is 1. The van der Waals surface area contributed by atoms with Gasteiger partial charge in [0, 0.05) is 22.7 Å². The van der Waals surface area contributed by atoms with Crippen LogP contribution in [0.2, 0.25) is 0 Å². The standard InChI is InChI=1S/C14H16BrN3/c1-2-3-12-9-13(16)18-14(17-12)8-10-4-6-11(15)7-5-10/h4-7,9H,2-3,8H2,1H3,(H2,16,17,18). The van der Waals surface area contributed by atoms with Gasteiger partial charge in [-0.05, 0) is 24.1 Å². The second kappa shape index (κ2) is 5.96. The predicted molar refractivity (Wildman–Crippen MR) is 77.4 cm³/mol. The van der Waals surface area contributed by atoms with Crippen molar-refractivity contribution in [2.75, 3.05) is 5.73 Å². The van der Waals surface area contributed by atoms with Crippen molar-refractivity contribution < 1.29 is 0 Å². The second-order valence-electron chi connectivity index (χ2n) is 4.25. The molecule has 0 fully saturated rings. The maximum absolute atomic E-state index is 5.81. The van der Waals surface area contributed by atoms with Crippen LogP contribution >= 0.6 is 15.9 Å². The number of aromatic nitrogens is 2. The molecule has 18 heavy (non-hydrogen) atoms. The van der Waals surface area contributed by atoms with Crippen molar-refractivity contribution in [3.8, 4) is 0 Å². The van der Waals surface area contributed by atoms with E-state index in [1.165, 1.54) is 5.56 Å². The fourth-order valence-corrected chi connectivity index (χ4v) is 2.09. The number of benzene rings is 1. The van der Waals surface area contributed by atoms with Crippen LogP contribution in [0.4, 0.5) is 5.82 Å². The van der Waals surface area contributed by atoms with Crippen molar-refractivity contribution in [2.45, 2.75) is 26.2 Å². The topological polar surface area (TPSA) is 51.8 Å². The van der Waals surface area contributed by atoms with E-state index < -0.39 is 0 Å². The van der Waals surface area contributed by atoms with E-state index in [1.54, 1.807) is 0 Å². The molecule has 4 heteroatoms. The number of nitrogens with two attached hydrogens (primary N) is 1. The second-order valence-corrected chi connectivity index (χ2v) is 5.17. The number of hydrogen-bond donors (Lipinski definition) is 1. The summed E-state index contributed by atoms with van der Waals surface area (Å²) < 4.78 is 1.08. The Hall–Kier alpha value is -1.42. The zero-order valence-corrected chi connectivity index (χ0v) is 11.9. The predicted octanol–water partition coefficient (Wildman–Crippen LogP) is 3.36. The van der Waals surface area contributed by atoms with Crippen LogP contribution in [0.15, 0.2) is 34.8 Å². The first kappa shape index (κ1) is 13.0. The molecule has 1 heterocycles. The SMILES string of the molecule is CCCc1cc(N)nc(Cc2ccc(Br)cc2)n1. The zero-order valence-electron chi connectivity index (χ0n) is 10.4. The zero-order chi connectivity index (χ0) is 13.0. The molecular weight excluding hydrogens is 290 g/mol. The quantitative estimate of drug-likeness (QED) is 0.942. The molecule has 2 rings (SSSR count). The summed E-state index contributed by atoms with van der Waals surface area (Å²) in [5, 5.41) is 0. The minimum absolute atomic E-state index is 0.556. The van der Waals surface area contributed by atoms with Crippen molar-refractivity contribution >= 4 is 21.7 Å². The molecule has 0 aliphatic carbocycles. The third kappa shape index (κ3) is 3.53. The Morgan fingerprint density at radius 3 is 2.56 bits per heavy atom. The van der Waals surface area contributed by atoms with Gasteiger partial charge in [0.15, 0.2) is 0 Å². The van der Waals surface area contributed by atoms with E-state index in [1.807, 2.05) is 18.2 Å². The molecule has 0 amide bonds. The molecule has 0 saturated heterocycles. The molecule has 94 valence electrons. The van der Waals surface area contributed by atoms with E-state index in [0.717, 1.165) is 35.3 Å². The van der Waals surface area contributed by atoms with Crippen LogP contribution < -0.4 is 5.73 Å². The van der Waals surface area contributed by atoms with Crippen LogP contribution in [0.1, 0.15) is 30.4 Å². The number of halogens is 1. The number of nitrogens with zero attached hydrogens (tertiary/aromatic N) is 2. The monoisotopic (exact) mass is 305 g/mol. The molecule has 0 aliphatic heterocycles. The highest BCUT2D eigenvalue weighted by Gasteiger charge is 2.04. The van der Waals surface area contributed by atoms with Crippen LogP contribution in [-0.4, -0.2) is 9.97 Å². The summed E-state index contributed by atoms with van der Waals surface area (Å²) in [7, 11) is 0. The average molecular weight is 306 g/mol. The highest BCUT2D eigenvalue weighted by Crippen LogP contribution is 2.14. The van der Waals surface area contributed by atoms with E-state index in [2.05, 4.69) is 45.0 Å². The van der Waals surface area contributed by atoms with Crippen molar-refractivity contribution in [3.63, 3.8) is 0 Å². The minimum atomic E-state index is 0.556. The third-order valence-electron chi connectivity index (χ3n) is 2.63. The molecule has 0 atom stereocenters. The summed E-state index contributed by atoms with van der Waals surface area (Å²) >= 11 is 3.42. The maximum atomic E-state index is 5.81. The Balaban J connectivity index is 2.20. The van der Waals surface area contributed by atoms with Gasteiger partial charge in [0.05, 0.1) is 0 Å². The molecule has 0 unspecified atom stereocenters. The lowest BCUT2D eigenvalue weighted by Crippen LogP contribution is -2.04. The fourth-order valence-electron chi connectivity index (χ4n) is 1.82. The molecule has 0 bridgehead atoms. The lowest BCUT2D eigenvalue weighted by molar-refractivity contribution is 0.844. The summed E-state index contributed by atoms with van der Waals surface area (Å²) in [6, 6.07) is 10.0. The summed E-state index contributed by atoms with van der Waals surface area (Å²) in [6.45, 7) is 2.13. The molecule has 0 spiro atoms. The molecule has 0 radical (unpaired) electrons. The molecular formula is C14H16BrN3. The number of rotatable bonds is 4. The summed E-state index contributed by atoms with van der Waals surface area (Å²) in [5.41, 5.74) is 8.02. The van der Waals surface area contributed by atoms with Crippen molar-refractivity contribution in [1.82, 2.24) is 9.97 Å². The van der Waals surface area contributed by atoms with Gasteiger partial charge in [0.1, 0.15) is 11.6 Å². The van der Waals surface area contributed by atoms with E-state index in [-0.39, 0.29) is 0 Å². The maximum Gasteiger partial charge on any atom is 0.135 e. The minimum Gasteiger partial charge on any atom is -0.384 e. The van der Waals surface area contributed by atoms with Crippen LogP contribution in [0, 0.1) is 0 Å². The van der Waals surface area contributed by atoms with Crippen LogP contribution in [0.25, 0.3) is 0 Å². The molecule has 1 aromatic carbocycles. The van der Waals surface area contributed by atoms with Gasteiger partial charge in [-0.25, -0.2) is 9.97 Å². The smallest absolute Gasteiger partial charge is 0.135 e. The largest absolute Gasteiger partial charge is 0.384 e. The lowest BCUT2D eigenvalue weighted by Gasteiger charge is -2.05. The average Bonchev–Trinajstić information content (AvgIpc) is 2.32. The Morgan fingerprint density at radius 2 is 1.89 bits per heavy atom. The van der Waals surface area contributed by atoms with Crippen LogP contribution in [0.5, 0.6) is 0 Å². The first-order valence-corrected chi connectivity index (χ1v) is 6.83. The molecule has 2 aromatic rings. The highest BCUT2D eigenvalue weighted by atomic mass is 79.9. The van der Waals surface area contributed by atoms with Gasteiger partial charge >= 0.3 is 0 Å². The Labute approximate surface area is 116 Å². The van der Waals surface area contributed by atoms with Gasteiger partial charge in [-0.15, -0.1) is 0 Å². The molecule has 3 nitrogen and oxygen atoms in total. The Kier molecular flexibility index (Phi) is 4.31. The third-order valence-corrected chi connectivity index (χ3v) is 3.16. The Bertz CT molecular complexity index is 523. The van der Waals surface area contributed by atoms with Crippen molar-refractivity contribution in [1.29, 1.82) is 0 Å². The molecule has 0 aliphatic rings. The van der Waals surface area contributed by atoms with Gasteiger partial charge in [0.25, 0.3) is 0 Å². The first-order valence-electron chi connectivity index (χ1n) is 6.04. The number of hydrogen-bond acceptors (Lipinski definition) is 3. The molecule has 2 N–H and O–H groups in total. The van der Waals surface area contributed by atoms with Crippen molar-refractivity contribution in [3.05, 3.63) is 51.9 Å². The van der Waals surface area contributed by atoms with Crippen LogP contribution in [-0.2, 0) is 12.8 Å². The van der Waals surface area contributed by atoms with E-state index in [9.17, 15) is 0 Å². The summed E-state index contributed by atoms with van der Waals surface area (Å²) in [6.07, 6.45) is 2.73. The highest BCUT2D eigenvalue weighted by molar-refractivity contribution is 9.10. The number of nitrogen functional groups attached to an aromatic ring is 1. The molecule has 1 aromatic heterocycles. The van der Waals surface area contributed by atoms with E-state index >= 15 is 0 Å². The summed E-state index contributed by atoms with van der Waals surface area (Å²) in [4.78, 5) is 8.83. The van der Waals surface area contributed by atoms with Gasteiger partial charge < -0.3 is 5.73 Å². The first-order chi connectivity index (χ1) is 8.67. The fraction of sp³-hybridized carbons (Fsp3) is 0.286.